The zero-order valence-electron chi connectivity index (χ0n) is 18.3. The van der Waals surface area contributed by atoms with E-state index in [9.17, 15) is 14.4 Å². The number of nitrogens with two attached hydrogens (primary N) is 1. The van der Waals surface area contributed by atoms with Crippen molar-refractivity contribution < 1.29 is 14.4 Å². The minimum atomic E-state index is -0.416. The quantitative estimate of drug-likeness (QED) is 0.673. The van der Waals surface area contributed by atoms with Crippen LogP contribution in [0.25, 0.3) is 0 Å². The molecule has 0 bridgehead atoms. The SMILES string of the molecule is CC(CN1C[C@@H](C(=O)N2CC3CN(CC[CH]c4ccccc4)CC3C2)CC1=O)C(N)=O. The Morgan fingerprint density at radius 2 is 1.77 bits per heavy atom. The molecule has 2 N–H and O–H groups in total. The number of amides is 3. The largest absolute Gasteiger partial charge is 0.369 e. The lowest BCUT2D eigenvalue weighted by atomic mass is 10.0. The smallest absolute Gasteiger partial charge is 0.228 e. The molecule has 7 nitrogen and oxygen atoms in total. The van der Waals surface area contributed by atoms with Gasteiger partial charge in [-0.3, -0.25) is 14.4 Å². The Labute approximate surface area is 184 Å². The Bertz CT molecular complexity index is 800. The van der Waals surface area contributed by atoms with Gasteiger partial charge >= 0.3 is 0 Å². The van der Waals surface area contributed by atoms with Gasteiger partial charge in [-0.25, -0.2) is 0 Å². The Morgan fingerprint density at radius 3 is 2.42 bits per heavy atom. The number of nitrogens with zero attached hydrogens (tertiary/aromatic N) is 3. The van der Waals surface area contributed by atoms with Crippen LogP contribution in [0.4, 0.5) is 0 Å². The van der Waals surface area contributed by atoms with E-state index in [0.29, 0.717) is 24.9 Å². The fourth-order valence-electron chi connectivity index (χ4n) is 5.25. The lowest BCUT2D eigenvalue weighted by Gasteiger charge is -2.24. The summed E-state index contributed by atoms with van der Waals surface area (Å²) in [6.45, 7) is 7.16. The maximum Gasteiger partial charge on any atom is 0.228 e. The van der Waals surface area contributed by atoms with Crippen molar-refractivity contribution in [2.45, 2.75) is 19.8 Å². The number of benzene rings is 1. The van der Waals surface area contributed by atoms with E-state index in [2.05, 4.69) is 35.6 Å². The maximum atomic E-state index is 13.0. The fraction of sp³-hybridized carbons (Fsp3) is 0.583. The molecule has 0 spiro atoms. The van der Waals surface area contributed by atoms with E-state index in [1.807, 2.05) is 11.0 Å². The van der Waals surface area contributed by atoms with E-state index in [4.69, 9.17) is 5.73 Å². The van der Waals surface area contributed by atoms with Gasteiger partial charge in [-0.15, -0.1) is 0 Å². The average molecular weight is 426 g/mol. The first-order valence-electron chi connectivity index (χ1n) is 11.4. The zero-order chi connectivity index (χ0) is 22.0. The van der Waals surface area contributed by atoms with Gasteiger partial charge in [0.05, 0.1) is 11.8 Å². The van der Waals surface area contributed by atoms with Crippen LogP contribution in [0.2, 0.25) is 0 Å². The van der Waals surface area contributed by atoms with Gasteiger partial charge in [0.15, 0.2) is 0 Å². The Hall–Kier alpha value is -2.41. The topological polar surface area (TPSA) is 87.0 Å². The summed E-state index contributed by atoms with van der Waals surface area (Å²) in [6.07, 6.45) is 3.57. The van der Waals surface area contributed by atoms with Gasteiger partial charge in [-0.05, 0) is 36.8 Å². The standard InChI is InChI=1S/C24H33N4O3/c1-17(23(25)30)11-27-14-19(10-22(27)29)24(31)28-15-20-12-26(13-21(20)16-28)9-5-8-18-6-3-2-4-7-18/h2-4,6-8,17,19-21H,5,9-16H2,1H3,(H2,25,30)/t17?,19-,20?,21?/m0/s1. The Kier molecular flexibility index (Phi) is 6.60. The highest BCUT2D eigenvalue weighted by Gasteiger charge is 2.44. The van der Waals surface area contributed by atoms with Crippen LogP contribution < -0.4 is 5.73 Å². The molecule has 0 aromatic heterocycles. The molecular formula is C24H33N4O3. The summed E-state index contributed by atoms with van der Waals surface area (Å²) >= 11 is 0. The van der Waals surface area contributed by atoms with E-state index in [1.165, 1.54) is 5.56 Å². The summed E-state index contributed by atoms with van der Waals surface area (Å²) < 4.78 is 0. The van der Waals surface area contributed by atoms with Crippen LogP contribution in [-0.4, -0.2) is 78.2 Å². The van der Waals surface area contributed by atoms with Gasteiger partial charge in [0.2, 0.25) is 17.7 Å². The van der Waals surface area contributed by atoms with Crippen LogP contribution >= 0.6 is 0 Å². The molecule has 1 aromatic rings. The molecule has 0 aliphatic carbocycles. The Balaban J connectivity index is 1.21. The number of carbonyl (C=O) groups excluding carboxylic acids is 3. The molecule has 4 rings (SSSR count). The second-order valence-electron chi connectivity index (χ2n) is 9.43. The molecule has 167 valence electrons. The number of carbonyl (C=O) groups is 3. The maximum absolute atomic E-state index is 13.0. The molecule has 3 fully saturated rings. The molecule has 3 unspecified atom stereocenters. The number of hydrogen-bond donors (Lipinski definition) is 1. The van der Waals surface area contributed by atoms with Gasteiger partial charge in [0.1, 0.15) is 0 Å². The third kappa shape index (κ3) is 5.09. The van der Waals surface area contributed by atoms with Crippen molar-refractivity contribution in [1.29, 1.82) is 0 Å². The first-order chi connectivity index (χ1) is 14.9. The highest BCUT2D eigenvalue weighted by molar-refractivity contribution is 5.89. The summed E-state index contributed by atoms with van der Waals surface area (Å²) in [5, 5.41) is 0. The third-order valence-corrected chi connectivity index (χ3v) is 7.04. The van der Waals surface area contributed by atoms with Gasteiger partial charge in [0, 0.05) is 45.7 Å². The van der Waals surface area contributed by atoms with Gasteiger partial charge in [0.25, 0.3) is 0 Å². The number of rotatable bonds is 8. The van der Waals surface area contributed by atoms with Crippen molar-refractivity contribution in [2.75, 3.05) is 45.8 Å². The van der Waals surface area contributed by atoms with E-state index in [0.717, 1.165) is 39.1 Å². The summed E-state index contributed by atoms with van der Waals surface area (Å²) in [5.74, 6) is 0.0121. The van der Waals surface area contributed by atoms with Crippen LogP contribution in [0.3, 0.4) is 0 Å². The molecule has 0 saturated carbocycles. The molecular weight excluding hydrogens is 392 g/mol. The molecule has 7 heteroatoms. The molecule has 4 atom stereocenters. The normalized spacial score (nSPS) is 27.0. The predicted molar refractivity (Wildman–Crippen MR) is 118 cm³/mol. The van der Waals surface area contributed by atoms with Crippen molar-refractivity contribution in [3.8, 4) is 0 Å². The second kappa shape index (κ2) is 9.39. The van der Waals surface area contributed by atoms with Crippen molar-refractivity contribution in [3.05, 3.63) is 42.3 Å². The fourth-order valence-corrected chi connectivity index (χ4v) is 5.25. The number of fused-ring (bicyclic) bond motifs is 1. The second-order valence-corrected chi connectivity index (χ2v) is 9.43. The molecule has 1 radical (unpaired) electrons. The van der Waals surface area contributed by atoms with Crippen LogP contribution in [0.5, 0.6) is 0 Å². The van der Waals surface area contributed by atoms with Gasteiger partial charge in [-0.2, -0.15) is 0 Å². The summed E-state index contributed by atoms with van der Waals surface area (Å²) in [6, 6.07) is 10.4. The van der Waals surface area contributed by atoms with E-state index in [-0.39, 0.29) is 24.2 Å². The Morgan fingerprint density at radius 1 is 1.10 bits per heavy atom. The lowest BCUT2D eigenvalue weighted by Crippen LogP contribution is -2.39. The van der Waals surface area contributed by atoms with Crippen molar-refractivity contribution in [3.63, 3.8) is 0 Å². The highest BCUT2D eigenvalue weighted by Crippen LogP contribution is 2.33. The van der Waals surface area contributed by atoms with Crippen LogP contribution in [-0.2, 0) is 14.4 Å². The summed E-state index contributed by atoms with van der Waals surface area (Å²) in [7, 11) is 0. The third-order valence-electron chi connectivity index (χ3n) is 7.04. The number of likely N-dealkylation sites (tertiary alicyclic amines) is 3. The molecule has 3 heterocycles. The van der Waals surface area contributed by atoms with E-state index >= 15 is 0 Å². The monoisotopic (exact) mass is 425 g/mol. The van der Waals surface area contributed by atoms with Gasteiger partial charge in [-0.1, -0.05) is 37.3 Å². The summed E-state index contributed by atoms with van der Waals surface area (Å²) in [4.78, 5) is 42.7. The van der Waals surface area contributed by atoms with Crippen molar-refractivity contribution in [2.24, 2.45) is 29.4 Å². The average Bonchev–Trinajstić information content (AvgIpc) is 3.42. The molecule has 3 aliphatic heterocycles. The predicted octanol–water partition coefficient (Wildman–Crippen LogP) is 0.989. The highest BCUT2D eigenvalue weighted by atomic mass is 16.2. The number of primary amides is 1. The van der Waals surface area contributed by atoms with Gasteiger partial charge < -0.3 is 20.4 Å². The zero-order valence-corrected chi connectivity index (χ0v) is 18.3. The van der Waals surface area contributed by atoms with Crippen LogP contribution in [0, 0.1) is 30.1 Å². The first kappa shape index (κ1) is 21.8. The lowest BCUT2D eigenvalue weighted by molar-refractivity contribution is -0.135. The first-order valence-corrected chi connectivity index (χ1v) is 11.4. The van der Waals surface area contributed by atoms with E-state index < -0.39 is 11.8 Å². The van der Waals surface area contributed by atoms with Crippen LogP contribution in [0.1, 0.15) is 25.3 Å². The molecule has 3 saturated heterocycles. The summed E-state index contributed by atoms with van der Waals surface area (Å²) in [5.41, 5.74) is 6.59. The molecule has 1 aromatic carbocycles. The van der Waals surface area contributed by atoms with Crippen molar-refractivity contribution in [1.82, 2.24) is 14.7 Å². The molecule has 31 heavy (non-hydrogen) atoms. The minimum absolute atomic E-state index is 0.0494. The van der Waals surface area contributed by atoms with Crippen LogP contribution in [0.15, 0.2) is 30.3 Å². The molecule has 3 aliphatic rings. The van der Waals surface area contributed by atoms with Crippen molar-refractivity contribution >= 4 is 17.7 Å². The minimum Gasteiger partial charge on any atom is -0.369 e. The number of hydrogen-bond acceptors (Lipinski definition) is 4. The van der Waals surface area contributed by atoms with E-state index in [1.54, 1.807) is 11.8 Å². The molecule has 3 amide bonds.